The van der Waals surface area contributed by atoms with Crippen molar-refractivity contribution in [1.82, 2.24) is 4.90 Å². The number of carbonyl (C=O) groups is 1. The highest BCUT2D eigenvalue weighted by molar-refractivity contribution is 6.02. The topological polar surface area (TPSA) is 58.7 Å². The van der Waals surface area contributed by atoms with Crippen molar-refractivity contribution in [2.45, 2.75) is 39.7 Å². The number of carbonyl (C=O) groups excluding carboxylic acids is 1. The highest BCUT2D eigenvalue weighted by Gasteiger charge is 2.36. The van der Waals surface area contributed by atoms with Crippen molar-refractivity contribution in [3.63, 3.8) is 0 Å². The molecule has 0 aromatic heterocycles. The Bertz CT molecular complexity index is 246. The number of nitrogens with zero attached hydrogens (tertiary/aromatic N) is 2. The number of nitrogens with two attached hydrogens (primary N) is 1. The lowest BCUT2D eigenvalue weighted by atomic mass is 9.93. The fraction of sp³-hybridized carbons (Fsp3) is 0.800. The van der Waals surface area contributed by atoms with Gasteiger partial charge in [-0.1, -0.05) is 26.7 Å². The number of aliphatic imine (C=N–C) groups is 1. The van der Waals surface area contributed by atoms with Gasteiger partial charge in [0.1, 0.15) is 5.84 Å². The van der Waals surface area contributed by atoms with Gasteiger partial charge in [0.25, 0.3) is 0 Å². The minimum atomic E-state index is -0.179. The predicted molar refractivity (Wildman–Crippen MR) is 57.3 cm³/mol. The van der Waals surface area contributed by atoms with Gasteiger partial charge in [-0.3, -0.25) is 0 Å². The molecule has 0 saturated heterocycles. The quantitative estimate of drug-likeness (QED) is 0.744. The third kappa shape index (κ3) is 1.74. The normalized spacial score (nSPS) is 22.0. The van der Waals surface area contributed by atoms with Crippen LogP contribution in [0.15, 0.2) is 4.99 Å². The maximum absolute atomic E-state index is 11.4. The van der Waals surface area contributed by atoms with Crippen molar-refractivity contribution < 1.29 is 4.79 Å². The maximum Gasteiger partial charge on any atom is 0.345 e. The molecule has 0 bridgehead atoms. The number of urea groups is 1. The van der Waals surface area contributed by atoms with E-state index < -0.39 is 0 Å². The molecule has 1 unspecified atom stereocenters. The van der Waals surface area contributed by atoms with Gasteiger partial charge in [-0.2, -0.15) is 4.99 Å². The van der Waals surface area contributed by atoms with E-state index in [1.165, 1.54) is 0 Å². The van der Waals surface area contributed by atoms with E-state index >= 15 is 0 Å². The molecule has 1 aliphatic rings. The molecule has 0 aliphatic carbocycles. The van der Waals surface area contributed by atoms with E-state index in [-0.39, 0.29) is 12.1 Å². The summed E-state index contributed by atoms with van der Waals surface area (Å²) in [5.41, 5.74) is 5.77. The van der Waals surface area contributed by atoms with Gasteiger partial charge in [-0.15, -0.1) is 0 Å². The van der Waals surface area contributed by atoms with Crippen LogP contribution in [0.3, 0.4) is 0 Å². The average Bonchev–Trinajstić information content (AvgIpc) is 2.44. The van der Waals surface area contributed by atoms with Crippen LogP contribution < -0.4 is 5.73 Å². The number of hydrogen-bond donors (Lipinski definition) is 1. The van der Waals surface area contributed by atoms with E-state index in [0.29, 0.717) is 18.3 Å². The van der Waals surface area contributed by atoms with Gasteiger partial charge in [0.2, 0.25) is 0 Å². The molecule has 4 heteroatoms. The summed E-state index contributed by atoms with van der Waals surface area (Å²) >= 11 is 0. The summed E-state index contributed by atoms with van der Waals surface area (Å²) in [4.78, 5) is 17.0. The summed E-state index contributed by atoms with van der Waals surface area (Å²) in [5, 5.41) is 0. The molecule has 0 aromatic carbocycles. The van der Waals surface area contributed by atoms with Crippen LogP contribution >= 0.6 is 0 Å². The van der Waals surface area contributed by atoms with Gasteiger partial charge in [0, 0.05) is 6.54 Å². The van der Waals surface area contributed by atoms with Gasteiger partial charge in [0.15, 0.2) is 0 Å². The molecule has 14 heavy (non-hydrogen) atoms. The molecule has 1 aliphatic heterocycles. The molecule has 1 heterocycles. The highest BCUT2D eigenvalue weighted by atomic mass is 16.2. The maximum atomic E-state index is 11.4. The summed E-state index contributed by atoms with van der Waals surface area (Å²) in [6, 6.07) is -0.149. The van der Waals surface area contributed by atoms with Crippen molar-refractivity contribution in [2.75, 3.05) is 6.54 Å². The first-order chi connectivity index (χ1) is 6.65. The molecular formula is C10H19N3O. The first kappa shape index (κ1) is 11.0. The zero-order valence-corrected chi connectivity index (χ0v) is 9.16. The minimum absolute atomic E-state index is 0.0301. The summed E-state index contributed by atoms with van der Waals surface area (Å²) in [7, 11) is 0. The van der Waals surface area contributed by atoms with Gasteiger partial charge in [0.05, 0.1) is 6.04 Å². The molecule has 0 fully saturated rings. The van der Waals surface area contributed by atoms with Gasteiger partial charge < -0.3 is 10.6 Å². The predicted octanol–water partition coefficient (Wildman–Crippen LogP) is 1.60. The molecule has 80 valence electrons. The van der Waals surface area contributed by atoms with Crippen molar-refractivity contribution in [3.8, 4) is 0 Å². The Morgan fingerprint density at radius 3 is 2.43 bits per heavy atom. The molecule has 2 amide bonds. The van der Waals surface area contributed by atoms with Crippen molar-refractivity contribution in [3.05, 3.63) is 0 Å². The first-order valence-electron chi connectivity index (χ1n) is 5.30. The smallest absolute Gasteiger partial charge is 0.345 e. The van der Waals surface area contributed by atoms with Crippen LogP contribution in [0.1, 0.15) is 33.6 Å². The lowest BCUT2D eigenvalue weighted by Crippen LogP contribution is -2.45. The van der Waals surface area contributed by atoms with Crippen LogP contribution in [0, 0.1) is 5.92 Å². The summed E-state index contributed by atoms with van der Waals surface area (Å²) < 4.78 is 0. The van der Waals surface area contributed by atoms with Crippen LogP contribution in [0.2, 0.25) is 0 Å². The standard InChI is InChI=1S/C10H19N3O/c1-4-7(5-2)8-9(11)12-10(14)13(8)6-3/h7-8H,4-6H2,1-3H3,(H2,11,12,14). The second-order valence-corrected chi connectivity index (χ2v) is 3.63. The number of hydrogen-bond acceptors (Lipinski definition) is 2. The van der Waals surface area contributed by atoms with Crippen molar-refractivity contribution in [2.24, 2.45) is 16.6 Å². The summed E-state index contributed by atoms with van der Waals surface area (Å²) in [6.07, 6.45) is 2.06. The Morgan fingerprint density at radius 1 is 1.43 bits per heavy atom. The van der Waals surface area contributed by atoms with E-state index in [4.69, 9.17) is 5.73 Å². The summed E-state index contributed by atoms with van der Waals surface area (Å²) in [6.45, 7) is 6.89. The fourth-order valence-electron chi connectivity index (χ4n) is 2.08. The number of likely N-dealkylation sites (N-methyl/N-ethyl adjacent to an activating group) is 1. The van der Waals surface area contributed by atoms with Crippen molar-refractivity contribution >= 4 is 11.9 Å². The lowest BCUT2D eigenvalue weighted by Gasteiger charge is -2.29. The van der Waals surface area contributed by atoms with Crippen LogP contribution in [-0.4, -0.2) is 29.4 Å². The van der Waals surface area contributed by atoms with E-state index in [9.17, 15) is 4.79 Å². The zero-order valence-electron chi connectivity index (χ0n) is 9.16. The third-order valence-corrected chi connectivity index (χ3v) is 2.95. The molecule has 2 N–H and O–H groups in total. The van der Waals surface area contributed by atoms with Crippen LogP contribution in [-0.2, 0) is 0 Å². The second kappa shape index (κ2) is 4.44. The van der Waals surface area contributed by atoms with Crippen LogP contribution in [0.4, 0.5) is 4.79 Å². The average molecular weight is 197 g/mol. The monoisotopic (exact) mass is 197 g/mol. The molecular weight excluding hydrogens is 178 g/mol. The fourth-order valence-corrected chi connectivity index (χ4v) is 2.08. The zero-order chi connectivity index (χ0) is 10.7. The Morgan fingerprint density at radius 2 is 2.00 bits per heavy atom. The van der Waals surface area contributed by atoms with Crippen molar-refractivity contribution in [1.29, 1.82) is 0 Å². The molecule has 0 aromatic rings. The van der Waals surface area contributed by atoms with Gasteiger partial charge in [-0.25, -0.2) is 4.79 Å². The third-order valence-electron chi connectivity index (χ3n) is 2.95. The Kier molecular flexibility index (Phi) is 3.49. The second-order valence-electron chi connectivity index (χ2n) is 3.63. The number of amidine groups is 1. The van der Waals surface area contributed by atoms with E-state index in [1.54, 1.807) is 4.90 Å². The first-order valence-corrected chi connectivity index (χ1v) is 5.30. The molecule has 0 spiro atoms. The van der Waals surface area contributed by atoms with E-state index in [0.717, 1.165) is 12.8 Å². The Hall–Kier alpha value is -1.06. The van der Waals surface area contributed by atoms with Crippen LogP contribution in [0.25, 0.3) is 0 Å². The Labute approximate surface area is 85.2 Å². The van der Waals surface area contributed by atoms with Gasteiger partial charge >= 0.3 is 6.03 Å². The number of rotatable bonds is 4. The van der Waals surface area contributed by atoms with E-state index in [1.807, 2.05) is 6.92 Å². The molecule has 0 radical (unpaired) electrons. The van der Waals surface area contributed by atoms with E-state index in [2.05, 4.69) is 18.8 Å². The number of amides is 2. The highest BCUT2D eigenvalue weighted by Crippen LogP contribution is 2.23. The molecule has 1 atom stereocenters. The molecule has 4 nitrogen and oxygen atoms in total. The molecule has 0 saturated carbocycles. The minimum Gasteiger partial charge on any atom is -0.385 e. The molecule has 1 rings (SSSR count). The Balaban J connectivity index is 2.84. The summed E-state index contributed by atoms with van der Waals surface area (Å²) in [5.74, 6) is 0.927. The van der Waals surface area contributed by atoms with Gasteiger partial charge in [-0.05, 0) is 12.8 Å². The largest absolute Gasteiger partial charge is 0.385 e. The van der Waals surface area contributed by atoms with Crippen LogP contribution in [0.5, 0.6) is 0 Å². The lowest BCUT2D eigenvalue weighted by molar-refractivity contribution is 0.191. The SMILES string of the molecule is CCC(CC)C1C(N)=NC(=O)N1CC.